The molecule has 0 amide bonds. The Kier molecular flexibility index (Phi) is 5.40. The Balaban J connectivity index is 2.16. The number of piperidine rings is 1. The molecule has 0 atom stereocenters. The molecule has 0 bridgehead atoms. The smallest absolute Gasteiger partial charge is 0.274 e. The van der Waals surface area contributed by atoms with Gasteiger partial charge >= 0.3 is 0 Å². The lowest BCUT2D eigenvalue weighted by atomic mass is 9.82. The first kappa shape index (κ1) is 18.5. The van der Waals surface area contributed by atoms with Crippen LogP contribution in [-0.4, -0.2) is 27.7 Å². The normalized spacial score (nSPS) is 20.8. The lowest BCUT2D eigenvalue weighted by molar-refractivity contribution is -0.436. The van der Waals surface area contributed by atoms with Gasteiger partial charge in [-0.15, -0.1) is 0 Å². The number of hydrogen-bond donors (Lipinski definition) is 0. The van der Waals surface area contributed by atoms with Gasteiger partial charge in [-0.1, -0.05) is 12.1 Å². The fourth-order valence-electron chi connectivity index (χ4n) is 3.35. The summed E-state index contributed by atoms with van der Waals surface area (Å²) in [5.41, 5.74) is 0.154. The summed E-state index contributed by atoms with van der Waals surface area (Å²) < 4.78 is 13.0. The summed E-state index contributed by atoms with van der Waals surface area (Å²) in [4.78, 5) is 16.8. The first-order valence-corrected chi connectivity index (χ1v) is 8.16. The summed E-state index contributed by atoms with van der Waals surface area (Å²) in [6.07, 6.45) is 4.48. The summed E-state index contributed by atoms with van der Waals surface area (Å²) in [7, 11) is 0. The molecule has 0 N–H and O–H groups in total. The van der Waals surface area contributed by atoms with Gasteiger partial charge < -0.3 is 0 Å². The van der Waals surface area contributed by atoms with Crippen LogP contribution < -0.4 is 0 Å². The van der Waals surface area contributed by atoms with Crippen molar-refractivity contribution in [2.24, 2.45) is 0 Å². The van der Waals surface area contributed by atoms with Gasteiger partial charge in [-0.05, 0) is 64.7 Å². The van der Waals surface area contributed by atoms with Crippen molar-refractivity contribution < 1.29 is 14.2 Å². The molecule has 1 heterocycles. The van der Waals surface area contributed by atoms with E-state index in [9.17, 15) is 14.5 Å². The molecular formula is C18H25FN2O3. The van der Waals surface area contributed by atoms with E-state index < -0.39 is 4.92 Å². The van der Waals surface area contributed by atoms with Crippen LogP contribution in [-0.2, 0) is 4.84 Å². The van der Waals surface area contributed by atoms with Gasteiger partial charge in [0, 0.05) is 17.2 Å². The Morgan fingerprint density at radius 1 is 1.25 bits per heavy atom. The minimum atomic E-state index is -0.451. The SMILES string of the molecule is CC1(C)CCCC(C)(C)N1OC/C(=C/c1ccc(F)cc1)[N+](=O)[O-]. The molecule has 2 rings (SSSR count). The van der Waals surface area contributed by atoms with Crippen LogP contribution in [0.25, 0.3) is 6.08 Å². The molecule has 0 saturated carbocycles. The summed E-state index contributed by atoms with van der Waals surface area (Å²) in [6.45, 7) is 8.22. The fraction of sp³-hybridized carbons (Fsp3) is 0.556. The highest BCUT2D eigenvalue weighted by atomic mass is 19.1. The van der Waals surface area contributed by atoms with E-state index in [-0.39, 0.29) is 29.2 Å². The standard InChI is InChI=1S/C18H25FN2O3/c1-17(2)10-5-11-18(3,4)21(17)24-13-16(20(22)23)12-14-6-8-15(19)9-7-14/h6-9,12H,5,10-11,13H2,1-4H3/b16-12-. The van der Waals surface area contributed by atoms with E-state index in [1.54, 1.807) is 0 Å². The molecule has 1 saturated heterocycles. The van der Waals surface area contributed by atoms with Crippen molar-refractivity contribution in [1.29, 1.82) is 0 Å². The van der Waals surface area contributed by atoms with Crippen molar-refractivity contribution in [1.82, 2.24) is 5.06 Å². The van der Waals surface area contributed by atoms with Gasteiger partial charge in [0.15, 0.2) is 6.61 Å². The van der Waals surface area contributed by atoms with Crippen molar-refractivity contribution in [2.75, 3.05) is 6.61 Å². The Morgan fingerprint density at radius 2 is 1.79 bits per heavy atom. The predicted octanol–water partition coefficient (Wildman–Crippen LogP) is 4.42. The van der Waals surface area contributed by atoms with Crippen molar-refractivity contribution >= 4 is 6.08 Å². The van der Waals surface area contributed by atoms with E-state index in [1.165, 1.54) is 30.3 Å². The molecule has 0 radical (unpaired) electrons. The van der Waals surface area contributed by atoms with E-state index in [0.717, 1.165) is 19.3 Å². The van der Waals surface area contributed by atoms with Crippen molar-refractivity contribution in [3.63, 3.8) is 0 Å². The first-order valence-electron chi connectivity index (χ1n) is 8.16. The molecule has 6 heteroatoms. The molecule has 1 fully saturated rings. The van der Waals surface area contributed by atoms with Crippen LogP contribution in [0.5, 0.6) is 0 Å². The second-order valence-electron chi connectivity index (χ2n) is 7.49. The number of hydrogen-bond acceptors (Lipinski definition) is 4. The molecule has 1 aromatic carbocycles. The fourth-order valence-corrected chi connectivity index (χ4v) is 3.35. The highest BCUT2D eigenvalue weighted by Crippen LogP contribution is 2.38. The molecule has 0 aliphatic carbocycles. The number of nitrogens with zero attached hydrogens (tertiary/aromatic N) is 2. The van der Waals surface area contributed by atoms with Gasteiger partial charge in [0.2, 0.25) is 0 Å². The topological polar surface area (TPSA) is 55.6 Å². The number of hydroxylamine groups is 2. The van der Waals surface area contributed by atoms with Gasteiger partial charge in [0.25, 0.3) is 5.70 Å². The Hall–Kier alpha value is -1.79. The van der Waals surface area contributed by atoms with Gasteiger partial charge in [0.1, 0.15) is 5.82 Å². The second-order valence-corrected chi connectivity index (χ2v) is 7.49. The lowest BCUT2D eigenvalue weighted by Gasteiger charge is -2.51. The minimum Gasteiger partial charge on any atom is -0.287 e. The summed E-state index contributed by atoms with van der Waals surface area (Å²) in [5.74, 6) is -0.372. The largest absolute Gasteiger partial charge is 0.287 e. The highest BCUT2D eigenvalue weighted by Gasteiger charge is 2.42. The lowest BCUT2D eigenvalue weighted by Crippen LogP contribution is -2.58. The molecule has 1 aliphatic heterocycles. The summed E-state index contributed by atoms with van der Waals surface area (Å²) in [5, 5.41) is 13.2. The van der Waals surface area contributed by atoms with E-state index in [4.69, 9.17) is 4.84 Å². The van der Waals surface area contributed by atoms with Gasteiger partial charge in [-0.2, -0.15) is 5.06 Å². The summed E-state index contributed by atoms with van der Waals surface area (Å²) >= 11 is 0. The molecule has 24 heavy (non-hydrogen) atoms. The van der Waals surface area contributed by atoms with Crippen molar-refractivity contribution in [2.45, 2.75) is 58.0 Å². The highest BCUT2D eigenvalue weighted by molar-refractivity contribution is 5.50. The van der Waals surface area contributed by atoms with Gasteiger partial charge in [-0.3, -0.25) is 15.0 Å². The molecule has 132 valence electrons. The van der Waals surface area contributed by atoms with Crippen LogP contribution >= 0.6 is 0 Å². The van der Waals surface area contributed by atoms with Crippen LogP contribution in [0.15, 0.2) is 30.0 Å². The molecule has 1 aromatic rings. The second kappa shape index (κ2) is 6.99. The van der Waals surface area contributed by atoms with Crippen LogP contribution in [0.4, 0.5) is 4.39 Å². The monoisotopic (exact) mass is 336 g/mol. The van der Waals surface area contributed by atoms with Crippen molar-refractivity contribution in [3.05, 3.63) is 51.5 Å². The Bertz CT molecular complexity index is 608. The number of nitro groups is 1. The maximum absolute atomic E-state index is 13.0. The zero-order chi connectivity index (χ0) is 18.0. The molecule has 0 aromatic heterocycles. The third-order valence-electron chi connectivity index (χ3n) is 4.46. The van der Waals surface area contributed by atoms with Gasteiger partial charge in [0.05, 0.1) is 4.92 Å². The quantitative estimate of drug-likeness (QED) is 0.590. The van der Waals surface area contributed by atoms with Crippen LogP contribution in [0.1, 0.15) is 52.5 Å². The molecule has 1 aliphatic rings. The summed E-state index contributed by atoms with van der Waals surface area (Å²) in [6, 6.07) is 5.57. The number of halogens is 1. The van der Waals surface area contributed by atoms with E-state index in [0.29, 0.717) is 5.56 Å². The molecular weight excluding hydrogens is 311 g/mol. The van der Waals surface area contributed by atoms with Crippen molar-refractivity contribution in [3.8, 4) is 0 Å². The molecule has 0 spiro atoms. The van der Waals surface area contributed by atoms with Gasteiger partial charge in [-0.25, -0.2) is 4.39 Å². The van der Waals surface area contributed by atoms with Crippen LogP contribution in [0, 0.1) is 15.9 Å². The van der Waals surface area contributed by atoms with Crippen LogP contribution in [0.2, 0.25) is 0 Å². The first-order chi connectivity index (χ1) is 11.1. The number of benzene rings is 1. The van der Waals surface area contributed by atoms with E-state index in [2.05, 4.69) is 27.7 Å². The third kappa shape index (κ3) is 4.39. The van der Waals surface area contributed by atoms with E-state index >= 15 is 0 Å². The zero-order valence-corrected chi connectivity index (χ0v) is 14.7. The Labute approximate surface area is 142 Å². The number of rotatable bonds is 5. The molecule has 5 nitrogen and oxygen atoms in total. The maximum Gasteiger partial charge on any atom is 0.274 e. The van der Waals surface area contributed by atoms with E-state index in [1.807, 2.05) is 5.06 Å². The average molecular weight is 336 g/mol. The maximum atomic E-state index is 13.0. The minimum absolute atomic E-state index is 0.0567. The zero-order valence-electron chi connectivity index (χ0n) is 14.7. The molecule has 0 unspecified atom stereocenters. The average Bonchev–Trinajstić information content (AvgIpc) is 2.46. The predicted molar refractivity (Wildman–Crippen MR) is 91.2 cm³/mol. The third-order valence-corrected chi connectivity index (χ3v) is 4.46. The Morgan fingerprint density at radius 3 is 2.29 bits per heavy atom. The van der Waals surface area contributed by atoms with Crippen LogP contribution in [0.3, 0.4) is 0 Å².